The van der Waals surface area contributed by atoms with Gasteiger partial charge in [0, 0.05) is 6.54 Å². The highest BCUT2D eigenvalue weighted by molar-refractivity contribution is 5.78. The summed E-state index contributed by atoms with van der Waals surface area (Å²) in [6.45, 7) is 4.40. The summed E-state index contributed by atoms with van der Waals surface area (Å²) in [5.74, 6) is -0.0345. The summed E-state index contributed by atoms with van der Waals surface area (Å²) in [6.07, 6.45) is 1.73. The van der Waals surface area contributed by atoms with Crippen molar-refractivity contribution >= 4 is 5.97 Å². The second kappa shape index (κ2) is 7.57. The van der Waals surface area contributed by atoms with Crippen LogP contribution in [0.5, 0.6) is 0 Å². The number of carbonyl (C=O) groups excluding carboxylic acids is 1. The van der Waals surface area contributed by atoms with Crippen molar-refractivity contribution in [2.24, 2.45) is 5.92 Å². The van der Waals surface area contributed by atoms with Crippen LogP contribution in [0.15, 0.2) is 30.3 Å². The first-order valence-corrected chi connectivity index (χ1v) is 7.65. The minimum Gasteiger partial charge on any atom is -0.469 e. The molecule has 0 bridgehead atoms. The highest BCUT2D eigenvalue weighted by Gasteiger charge is 2.28. The van der Waals surface area contributed by atoms with Gasteiger partial charge in [0.25, 0.3) is 0 Å². The lowest BCUT2D eigenvalue weighted by molar-refractivity contribution is -0.143. The van der Waals surface area contributed by atoms with Gasteiger partial charge in [-0.25, -0.2) is 0 Å². The van der Waals surface area contributed by atoms with Crippen LogP contribution < -0.4 is 0 Å². The number of nitrogens with zero attached hydrogens (tertiary/aromatic N) is 1. The first kappa shape index (κ1) is 16.0. The number of rotatable bonds is 5. The monoisotopic (exact) mass is 291 g/mol. The molecule has 0 spiro atoms. The maximum absolute atomic E-state index is 12.1. The van der Waals surface area contributed by atoms with E-state index in [1.807, 2.05) is 37.3 Å². The Morgan fingerprint density at radius 3 is 2.48 bits per heavy atom. The zero-order chi connectivity index (χ0) is 15.2. The Morgan fingerprint density at radius 1 is 1.33 bits per heavy atom. The number of likely N-dealkylation sites (tertiary alicyclic amines) is 1. The quantitative estimate of drug-likeness (QED) is 0.843. The van der Waals surface area contributed by atoms with E-state index in [-0.39, 0.29) is 18.0 Å². The number of benzene rings is 1. The maximum Gasteiger partial charge on any atom is 0.314 e. The van der Waals surface area contributed by atoms with Crippen molar-refractivity contribution in [3.63, 3.8) is 0 Å². The van der Waals surface area contributed by atoms with Crippen molar-refractivity contribution in [1.29, 1.82) is 0 Å². The number of hydrogen-bond donors (Lipinski definition) is 1. The van der Waals surface area contributed by atoms with E-state index in [0.717, 1.165) is 31.5 Å². The molecule has 1 heterocycles. The van der Waals surface area contributed by atoms with Crippen molar-refractivity contribution in [3.8, 4) is 0 Å². The third-order valence-electron chi connectivity index (χ3n) is 4.44. The first-order chi connectivity index (χ1) is 10.1. The lowest BCUT2D eigenvalue weighted by Gasteiger charge is -2.34. The van der Waals surface area contributed by atoms with Crippen LogP contribution in [0.25, 0.3) is 0 Å². The van der Waals surface area contributed by atoms with E-state index >= 15 is 0 Å². The van der Waals surface area contributed by atoms with Gasteiger partial charge in [0.05, 0.1) is 19.1 Å². The summed E-state index contributed by atoms with van der Waals surface area (Å²) in [6, 6.07) is 9.80. The van der Waals surface area contributed by atoms with Crippen LogP contribution in [-0.4, -0.2) is 48.8 Å². The average molecular weight is 291 g/mol. The van der Waals surface area contributed by atoms with Gasteiger partial charge in [-0.1, -0.05) is 30.3 Å². The Balaban J connectivity index is 1.99. The number of esters is 1. The molecule has 0 saturated carbocycles. The van der Waals surface area contributed by atoms with Crippen LogP contribution in [0.4, 0.5) is 0 Å². The lowest BCUT2D eigenvalue weighted by atomic mass is 9.91. The predicted octanol–water partition coefficient (Wildman–Crippen LogP) is 2.04. The van der Waals surface area contributed by atoms with Gasteiger partial charge in [-0.2, -0.15) is 0 Å². The van der Waals surface area contributed by atoms with Crippen LogP contribution in [0, 0.1) is 5.92 Å². The van der Waals surface area contributed by atoms with Gasteiger partial charge in [-0.3, -0.25) is 4.79 Å². The van der Waals surface area contributed by atoms with Gasteiger partial charge in [0.2, 0.25) is 0 Å². The second-order valence-electron chi connectivity index (χ2n) is 5.87. The predicted molar refractivity (Wildman–Crippen MR) is 82.0 cm³/mol. The van der Waals surface area contributed by atoms with Gasteiger partial charge in [-0.05, 0) is 44.3 Å². The van der Waals surface area contributed by atoms with E-state index in [9.17, 15) is 9.90 Å². The summed E-state index contributed by atoms with van der Waals surface area (Å²) in [5, 5.41) is 9.66. The molecule has 1 fully saturated rings. The standard InChI is InChI=1S/C17H25NO3/c1-13(19)14-8-10-18(11-9-14)12-16(17(20)21-2)15-6-4-3-5-7-15/h3-7,13-14,16,19H,8-12H2,1-2H3. The largest absolute Gasteiger partial charge is 0.469 e. The summed E-state index contributed by atoms with van der Waals surface area (Å²) in [5.41, 5.74) is 1.00. The fourth-order valence-electron chi connectivity index (χ4n) is 3.02. The van der Waals surface area contributed by atoms with Gasteiger partial charge < -0.3 is 14.7 Å². The molecule has 1 aliphatic heterocycles. The fraction of sp³-hybridized carbons (Fsp3) is 0.588. The van der Waals surface area contributed by atoms with Crippen molar-refractivity contribution in [3.05, 3.63) is 35.9 Å². The first-order valence-electron chi connectivity index (χ1n) is 7.65. The van der Waals surface area contributed by atoms with E-state index in [0.29, 0.717) is 12.5 Å². The normalized spacial score (nSPS) is 20.0. The molecule has 2 atom stereocenters. The SMILES string of the molecule is COC(=O)C(CN1CCC(C(C)O)CC1)c1ccccc1. The molecule has 116 valence electrons. The Morgan fingerprint density at radius 2 is 1.95 bits per heavy atom. The molecule has 1 aromatic carbocycles. The molecule has 2 unspecified atom stereocenters. The molecular formula is C17H25NO3. The maximum atomic E-state index is 12.1. The molecule has 0 amide bonds. The molecule has 4 heteroatoms. The zero-order valence-electron chi connectivity index (χ0n) is 12.9. The fourth-order valence-corrected chi connectivity index (χ4v) is 3.02. The third kappa shape index (κ3) is 4.29. The van der Waals surface area contributed by atoms with Gasteiger partial charge in [-0.15, -0.1) is 0 Å². The molecule has 2 rings (SSSR count). The Kier molecular flexibility index (Phi) is 5.76. The number of ether oxygens (including phenoxy) is 1. The van der Waals surface area contributed by atoms with Gasteiger partial charge >= 0.3 is 5.97 Å². The van der Waals surface area contributed by atoms with Crippen molar-refractivity contribution in [2.45, 2.75) is 31.8 Å². The topological polar surface area (TPSA) is 49.8 Å². The van der Waals surface area contributed by atoms with Crippen LogP contribution in [-0.2, 0) is 9.53 Å². The minimum atomic E-state index is -0.238. The summed E-state index contributed by atoms with van der Waals surface area (Å²) >= 11 is 0. The Hall–Kier alpha value is -1.39. The third-order valence-corrected chi connectivity index (χ3v) is 4.44. The Bertz CT molecular complexity index is 439. The number of aliphatic hydroxyl groups is 1. The summed E-state index contributed by atoms with van der Waals surface area (Å²) < 4.78 is 4.96. The zero-order valence-corrected chi connectivity index (χ0v) is 12.9. The molecule has 1 saturated heterocycles. The number of piperidine rings is 1. The molecule has 0 aromatic heterocycles. The molecule has 21 heavy (non-hydrogen) atoms. The van der Waals surface area contributed by atoms with Crippen molar-refractivity contribution in [2.75, 3.05) is 26.7 Å². The molecule has 1 aromatic rings. The number of methoxy groups -OCH3 is 1. The summed E-state index contributed by atoms with van der Waals surface area (Å²) in [7, 11) is 1.44. The highest BCUT2D eigenvalue weighted by atomic mass is 16.5. The molecule has 4 nitrogen and oxygen atoms in total. The lowest BCUT2D eigenvalue weighted by Crippen LogP contribution is -2.40. The molecule has 0 radical (unpaired) electrons. The summed E-state index contributed by atoms with van der Waals surface area (Å²) in [4.78, 5) is 14.4. The van der Waals surface area contributed by atoms with E-state index in [1.54, 1.807) is 0 Å². The number of carbonyl (C=O) groups is 1. The second-order valence-corrected chi connectivity index (χ2v) is 5.87. The van der Waals surface area contributed by atoms with Crippen LogP contribution in [0.2, 0.25) is 0 Å². The van der Waals surface area contributed by atoms with Gasteiger partial charge in [0.15, 0.2) is 0 Å². The smallest absolute Gasteiger partial charge is 0.314 e. The van der Waals surface area contributed by atoms with E-state index in [1.165, 1.54) is 7.11 Å². The van der Waals surface area contributed by atoms with Gasteiger partial charge in [0.1, 0.15) is 0 Å². The number of hydrogen-bond acceptors (Lipinski definition) is 4. The molecule has 1 N–H and O–H groups in total. The van der Waals surface area contributed by atoms with Crippen LogP contribution in [0.1, 0.15) is 31.2 Å². The van der Waals surface area contributed by atoms with E-state index in [2.05, 4.69) is 4.90 Å². The molecular weight excluding hydrogens is 266 g/mol. The Labute approximate surface area is 126 Å². The average Bonchev–Trinajstić information content (AvgIpc) is 2.53. The molecule has 0 aliphatic carbocycles. The number of aliphatic hydroxyl groups excluding tert-OH is 1. The molecule has 1 aliphatic rings. The van der Waals surface area contributed by atoms with Crippen LogP contribution >= 0.6 is 0 Å². The van der Waals surface area contributed by atoms with Crippen molar-refractivity contribution in [1.82, 2.24) is 4.90 Å². The minimum absolute atomic E-state index is 0.182. The van der Waals surface area contributed by atoms with Crippen molar-refractivity contribution < 1.29 is 14.6 Å². The van der Waals surface area contributed by atoms with Crippen LogP contribution in [0.3, 0.4) is 0 Å². The van der Waals surface area contributed by atoms with E-state index < -0.39 is 0 Å². The highest BCUT2D eigenvalue weighted by Crippen LogP contribution is 2.24. The van der Waals surface area contributed by atoms with E-state index in [4.69, 9.17) is 4.74 Å².